The Morgan fingerprint density at radius 2 is 1.68 bits per heavy atom. The summed E-state index contributed by atoms with van der Waals surface area (Å²) >= 11 is 0. The van der Waals surface area contributed by atoms with Crippen LogP contribution < -0.4 is 11.1 Å². The summed E-state index contributed by atoms with van der Waals surface area (Å²) in [6.45, 7) is 0.409. The molecule has 1 aromatic carbocycles. The van der Waals surface area contributed by atoms with E-state index in [4.69, 9.17) is 5.73 Å². The highest BCUT2D eigenvalue weighted by Gasteiger charge is 2.33. The fraction of sp³-hybridized carbons (Fsp3) is 0.533. The summed E-state index contributed by atoms with van der Waals surface area (Å²) in [5.74, 6) is -4.54. The summed E-state index contributed by atoms with van der Waals surface area (Å²) in [4.78, 5) is 12.0. The molecule has 2 rings (SSSR count). The minimum atomic E-state index is -1.54. The van der Waals surface area contributed by atoms with E-state index in [0.29, 0.717) is 6.54 Å². The average Bonchev–Trinajstić information content (AvgIpc) is 2.45. The van der Waals surface area contributed by atoms with Gasteiger partial charge in [0.2, 0.25) is 5.91 Å². The van der Waals surface area contributed by atoms with Crippen LogP contribution in [-0.4, -0.2) is 12.5 Å². The highest BCUT2D eigenvalue weighted by atomic mass is 35.5. The van der Waals surface area contributed by atoms with Crippen molar-refractivity contribution < 1.29 is 18.0 Å². The van der Waals surface area contributed by atoms with E-state index in [-0.39, 0.29) is 35.8 Å². The van der Waals surface area contributed by atoms with Gasteiger partial charge in [-0.05, 0) is 24.8 Å². The molecule has 0 unspecified atom stereocenters. The van der Waals surface area contributed by atoms with Crippen LogP contribution in [0.3, 0.4) is 0 Å². The molecule has 1 aliphatic rings. The summed E-state index contributed by atoms with van der Waals surface area (Å²) in [6.07, 6.45) is 5.17. The van der Waals surface area contributed by atoms with Gasteiger partial charge in [-0.15, -0.1) is 12.4 Å². The number of benzene rings is 1. The van der Waals surface area contributed by atoms with Gasteiger partial charge in [0, 0.05) is 24.2 Å². The Labute approximate surface area is 133 Å². The SMILES string of the molecule is Cl.NCC1(CC(=O)Nc2cc(F)c(F)c(F)c2)CCCCC1. The zero-order chi connectivity index (χ0) is 15.5. The Morgan fingerprint density at radius 3 is 2.18 bits per heavy atom. The van der Waals surface area contributed by atoms with E-state index in [1.165, 1.54) is 0 Å². The zero-order valence-electron chi connectivity index (χ0n) is 12.1. The number of hydrogen-bond donors (Lipinski definition) is 2. The third kappa shape index (κ3) is 4.36. The monoisotopic (exact) mass is 336 g/mol. The molecule has 1 saturated carbocycles. The fourth-order valence-electron chi connectivity index (χ4n) is 2.93. The van der Waals surface area contributed by atoms with E-state index in [1.807, 2.05) is 0 Å². The van der Waals surface area contributed by atoms with Gasteiger partial charge in [-0.25, -0.2) is 13.2 Å². The van der Waals surface area contributed by atoms with Gasteiger partial charge in [0.25, 0.3) is 0 Å². The highest BCUT2D eigenvalue weighted by molar-refractivity contribution is 5.91. The van der Waals surface area contributed by atoms with Gasteiger partial charge in [0.15, 0.2) is 17.5 Å². The van der Waals surface area contributed by atoms with E-state index in [9.17, 15) is 18.0 Å². The van der Waals surface area contributed by atoms with Crippen LogP contribution in [0, 0.1) is 22.9 Å². The van der Waals surface area contributed by atoms with Crippen molar-refractivity contribution in [1.82, 2.24) is 0 Å². The number of amides is 1. The summed E-state index contributed by atoms with van der Waals surface area (Å²) in [6, 6.07) is 1.54. The number of carbonyl (C=O) groups excluding carboxylic acids is 1. The summed E-state index contributed by atoms with van der Waals surface area (Å²) in [7, 11) is 0. The van der Waals surface area contributed by atoms with Crippen molar-refractivity contribution in [3.63, 3.8) is 0 Å². The van der Waals surface area contributed by atoms with Crippen LogP contribution in [-0.2, 0) is 4.79 Å². The lowest BCUT2D eigenvalue weighted by atomic mass is 9.71. The summed E-state index contributed by atoms with van der Waals surface area (Å²) in [5.41, 5.74) is 5.48. The summed E-state index contributed by atoms with van der Waals surface area (Å²) < 4.78 is 39.1. The number of hydrogen-bond acceptors (Lipinski definition) is 2. The first kappa shape index (κ1) is 18.8. The molecule has 1 fully saturated rings. The van der Waals surface area contributed by atoms with Gasteiger partial charge in [-0.2, -0.15) is 0 Å². The molecule has 1 amide bonds. The number of nitrogens with two attached hydrogens (primary N) is 1. The Hall–Kier alpha value is -1.27. The van der Waals surface area contributed by atoms with Gasteiger partial charge in [0.1, 0.15) is 0 Å². The second kappa shape index (κ2) is 7.83. The van der Waals surface area contributed by atoms with Crippen LogP contribution in [0.15, 0.2) is 12.1 Å². The minimum Gasteiger partial charge on any atom is -0.330 e. The van der Waals surface area contributed by atoms with Crippen LogP contribution in [0.5, 0.6) is 0 Å². The maximum atomic E-state index is 13.1. The maximum absolute atomic E-state index is 13.1. The van der Waals surface area contributed by atoms with Gasteiger partial charge in [-0.1, -0.05) is 19.3 Å². The van der Waals surface area contributed by atoms with Crippen molar-refractivity contribution in [1.29, 1.82) is 0 Å². The number of nitrogens with one attached hydrogen (secondary N) is 1. The molecule has 0 atom stereocenters. The third-order valence-corrected chi connectivity index (χ3v) is 4.15. The molecule has 0 bridgehead atoms. The first-order chi connectivity index (χ1) is 9.96. The van der Waals surface area contributed by atoms with Gasteiger partial charge >= 0.3 is 0 Å². The standard InChI is InChI=1S/C15H19F3N2O.ClH/c16-11-6-10(7-12(17)14(11)18)20-13(21)8-15(9-19)4-2-1-3-5-15;/h6-7H,1-5,8-9,19H2,(H,20,21);1H. The molecule has 3 N–H and O–H groups in total. The zero-order valence-corrected chi connectivity index (χ0v) is 12.9. The Balaban J connectivity index is 0.00000242. The molecule has 0 aromatic heterocycles. The van der Waals surface area contributed by atoms with Crippen LogP contribution in [0.1, 0.15) is 38.5 Å². The normalized spacial score (nSPS) is 16.7. The molecule has 0 heterocycles. The first-order valence-corrected chi connectivity index (χ1v) is 7.10. The lowest BCUT2D eigenvalue weighted by Crippen LogP contribution is -2.36. The van der Waals surface area contributed by atoms with Crippen molar-refractivity contribution in [2.45, 2.75) is 38.5 Å². The summed E-state index contributed by atoms with van der Waals surface area (Å²) in [5, 5.41) is 2.42. The van der Waals surface area contributed by atoms with Crippen LogP contribution >= 0.6 is 12.4 Å². The Kier molecular flexibility index (Phi) is 6.68. The predicted molar refractivity (Wildman–Crippen MR) is 81.4 cm³/mol. The molecule has 1 aliphatic carbocycles. The van der Waals surface area contributed by atoms with Crippen molar-refractivity contribution in [2.24, 2.45) is 11.1 Å². The van der Waals surface area contributed by atoms with Crippen molar-refractivity contribution in [3.05, 3.63) is 29.6 Å². The Bertz CT molecular complexity index is 511. The number of halogens is 4. The molecule has 1 aromatic rings. The molecular formula is C15H20ClF3N2O. The van der Waals surface area contributed by atoms with E-state index < -0.39 is 17.5 Å². The highest BCUT2D eigenvalue weighted by Crippen LogP contribution is 2.38. The van der Waals surface area contributed by atoms with E-state index in [0.717, 1.165) is 44.2 Å². The lowest BCUT2D eigenvalue weighted by molar-refractivity contribution is -0.118. The van der Waals surface area contributed by atoms with Gasteiger partial charge in [0.05, 0.1) is 0 Å². The second-order valence-corrected chi connectivity index (χ2v) is 5.74. The molecule has 0 saturated heterocycles. The molecule has 0 radical (unpaired) electrons. The predicted octanol–water partition coefficient (Wildman–Crippen LogP) is 3.76. The van der Waals surface area contributed by atoms with E-state index in [1.54, 1.807) is 0 Å². The average molecular weight is 337 g/mol. The largest absolute Gasteiger partial charge is 0.330 e. The molecule has 0 spiro atoms. The van der Waals surface area contributed by atoms with Crippen LogP contribution in [0.2, 0.25) is 0 Å². The molecule has 3 nitrogen and oxygen atoms in total. The van der Waals surface area contributed by atoms with E-state index in [2.05, 4.69) is 5.32 Å². The van der Waals surface area contributed by atoms with Crippen LogP contribution in [0.4, 0.5) is 18.9 Å². The molecule has 0 aliphatic heterocycles. The molecule has 124 valence electrons. The van der Waals surface area contributed by atoms with Gasteiger partial charge < -0.3 is 11.1 Å². The smallest absolute Gasteiger partial charge is 0.224 e. The number of carbonyl (C=O) groups is 1. The van der Waals surface area contributed by atoms with E-state index >= 15 is 0 Å². The third-order valence-electron chi connectivity index (χ3n) is 4.15. The number of rotatable bonds is 4. The van der Waals surface area contributed by atoms with Crippen molar-refractivity contribution in [3.8, 4) is 0 Å². The second-order valence-electron chi connectivity index (χ2n) is 5.74. The minimum absolute atomic E-state index is 0. The molecule has 7 heteroatoms. The fourth-order valence-corrected chi connectivity index (χ4v) is 2.93. The Morgan fingerprint density at radius 1 is 1.14 bits per heavy atom. The lowest BCUT2D eigenvalue weighted by Gasteiger charge is -2.35. The molecule has 22 heavy (non-hydrogen) atoms. The first-order valence-electron chi connectivity index (χ1n) is 7.10. The maximum Gasteiger partial charge on any atom is 0.224 e. The topological polar surface area (TPSA) is 55.1 Å². The van der Waals surface area contributed by atoms with Gasteiger partial charge in [-0.3, -0.25) is 4.79 Å². The van der Waals surface area contributed by atoms with Crippen LogP contribution in [0.25, 0.3) is 0 Å². The number of anilines is 1. The van der Waals surface area contributed by atoms with Crippen molar-refractivity contribution in [2.75, 3.05) is 11.9 Å². The van der Waals surface area contributed by atoms with Crippen molar-refractivity contribution >= 4 is 24.0 Å². The molecular weight excluding hydrogens is 317 g/mol. The quantitative estimate of drug-likeness (QED) is 0.822.